The molecular formula is C11H15NO4. The SMILES string of the molecule is CC1=C(C#CC2OCC(O)C2O)CN(C)O1. The van der Waals surface area contributed by atoms with E-state index >= 15 is 0 Å². The normalized spacial score (nSPS) is 34.9. The summed E-state index contributed by atoms with van der Waals surface area (Å²) in [6.45, 7) is 2.60. The van der Waals surface area contributed by atoms with Crippen molar-refractivity contribution in [3.05, 3.63) is 11.3 Å². The molecule has 2 rings (SSSR count). The number of likely N-dealkylation sites (N-methyl/N-ethyl adjacent to an activating group) is 1. The summed E-state index contributed by atoms with van der Waals surface area (Å²) in [5.74, 6) is 6.50. The molecule has 0 bridgehead atoms. The van der Waals surface area contributed by atoms with Crippen LogP contribution in [0.3, 0.4) is 0 Å². The Labute approximate surface area is 94.2 Å². The molecule has 3 unspecified atom stereocenters. The summed E-state index contributed by atoms with van der Waals surface area (Å²) >= 11 is 0. The lowest BCUT2D eigenvalue weighted by Gasteiger charge is -2.07. The lowest BCUT2D eigenvalue weighted by Crippen LogP contribution is -2.28. The molecule has 5 nitrogen and oxygen atoms in total. The van der Waals surface area contributed by atoms with E-state index in [1.165, 1.54) is 0 Å². The number of nitrogens with zero attached hydrogens (tertiary/aromatic N) is 1. The first-order valence-electron chi connectivity index (χ1n) is 5.16. The van der Waals surface area contributed by atoms with E-state index in [4.69, 9.17) is 9.57 Å². The molecule has 16 heavy (non-hydrogen) atoms. The summed E-state index contributed by atoms with van der Waals surface area (Å²) in [4.78, 5) is 5.29. The van der Waals surface area contributed by atoms with E-state index in [1.54, 1.807) is 5.06 Å². The first-order valence-corrected chi connectivity index (χ1v) is 5.16. The molecule has 0 radical (unpaired) electrons. The second-order valence-corrected chi connectivity index (χ2v) is 3.99. The fourth-order valence-corrected chi connectivity index (χ4v) is 1.67. The van der Waals surface area contributed by atoms with Crippen LogP contribution in [0.15, 0.2) is 11.3 Å². The van der Waals surface area contributed by atoms with Gasteiger partial charge < -0.3 is 19.8 Å². The number of rotatable bonds is 0. The van der Waals surface area contributed by atoms with Crippen molar-refractivity contribution in [2.75, 3.05) is 20.2 Å². The van der Waals surface area contributed by atoms with Crippen molar-refractivity contribution in [1.29, 1.82) is 0 Å². The molecule has 0 aromatic rings. The number of hydrogen-bond acceptors (Lipinski definition) is 5. The molecule has 2 heterocycles. The highest BCUT2D eigenvalue weighted by molar-refractivity contribution is 5.35. The van der Waals surface area contributed by atoms with Crippen molar-refractivity contribution in [3.8, 4) is 11.8 Å². The van der Waals surface area contributed by atoms with Gasteiger partial charge in [-0.15, -0.1) is 5.06 Å². The van der Waals surface area contributed by atoms with Crippen LogP contribution in [0.2, 0.25) is 0 Å². The van der Waals surface area contributed by atoms with Gasteiger partial charge in [0.05, 0.1) is 18.7 Å². The van der Waals surface area contributed by atoms with Crippen LogP contribution in [-0.4, -0.2) is 53.8 Å². The van der Waals surface area contributed by atoms with E-state index in [1.807, 2.05) is 14.0 Å². The van der Waals surface area contributed by atoms with Crippen LogP contribution in [0.1, 0.15) is 6.92 Å². The number of aliphatic hydroxyl groups excluding tert-OH is 2. The minimum absolute atomic E-state index is 0.134. The van der Waals surface area contributed by atoms with Crippen molar-refractivity contribution >= 4 is 0 Å². The van der Waals surface area contributed by atoms with E-state index in [9.17, 15) is 10.2 Å². The van der Waals surface area contributed by atoms with Crippen molar-refractivity contribution in [2.45, 2.75) is 25.2 Å². The average Bonchev–Trinajstić information content (AvgIpc) is 2.70. The summed E-state index contributed by atoms with van der Waals surface area (Å²) in [6.07, 6.45) is -2.37. The van der Waals surface area contributed by atoms with Crippen LogP contribution in [-0.2, 0) is 9.57 Å². The number of allylic oxidation sites excluding steroid dienone is 1. The Kier molecular flexibility index (Phi) is 3.17. The molecule has 3 atom stereocenters. The summed E-state index contributed by atoms with van der Waals surface area (Å²) in [7, 11) is 1.82. The van der Waals surface area contributed by atoms with E-state index in [2.05, 4.69) is 11.8 Å². The zero-order valence-electron chi connectivity index (χ0n) is 9.30. The first-order chi connectivity index (χ1) is 7.58. The van der Waals surface area contributed by atoms with Crippen LogP contribution in [0, 0.1) is 11.8 Å². The van der Waals surface area contributed by atoms with Gasteiger partial charge in [0.2, 0.25) is 0 Å². The molecule has 0 aromatic heterocycles. The Balaban J connectivity index is 2.03. The lowest BCUT2D eigenvalue weighted by atomic mass is 10.1. The zero-order valence-corrected chi connectivity index (χ0v) is 9.30. The fourth-order valence-electron chi connectivity index (χ4n) is 1.67. The maximum absolute atomic E-state index is 9.51. The van der Waals surface area contributed by atoms with Crippen LogP contribution >= 0.6 is 0 Å². The van der Waals surface area contributed by atoms with Gasteiger partial charge in [-0.25, -0.2) is 0 Å². The molecule has 0 aromatic carbocycles. The zero-order chi connectivity index (χ0) is 11.7. The van der Waals surface area contributed by atoms with Gasteiger partial charge in [-0.05, 0) is 6.92 Å². The number of ether oxygens (including phenoxy) is 1. The van der Waals surface area contributed by atoms with Gasteiger partial charge >= 0.3 is 0 Å². The second-order valence-electron chi connectivity index (χ2n) is 3.99. The standard InChI is InChI=1S/C11H15NO4/c1-7-8(5-12(2)16-7)3-4-10-11(14)9(13)6-15-10/h9-11,13-14H,5-6H2,1-2H3. The highest BCUT2D eigenvalue weighted by Gasteiger charge is 2.33. The minimum Gasteiger partial charge on any atom is -0.410 e. The second kappa shape index (κ2) is 4.44. The van der Waals surface area contributed by atoms with Gasteiger partial charge in [-0.3, -0.25) is 0 Å². The highest BCUT2D eigenvalue weighted by atomic mass is 16.7. The Hall–Kier alpha value is -1.06. The molecule has 2 aliphatic rings. The minimum atomic E-state index is -0.923. The number of hydroxylamine groups is 2. The summed E-state index contributed by atoms with van der Waals surface area (Å²) in [6, 6.07) is 0. The van der Waals surface area contributed by atoms with Gasteiger partial charge in [0, 0.05) is 7.05 Å². The molecule has 0 saturated carbocycles. The third kappa shape index (κ3) is 2.20. The number of aliphatic hydroxyl groups is 2. The average molecular weight is 225 g/mol. The molecule has 0 aliphatic carbocycles. The van der Waals surface area contributed by atoms with Crippen LogP contribution < -0.4 is 0 Å². The number of hydrogen-bond donors (Lipinski definition) is 2. The summed E-state index contributed by atoms with van der Waals surface area (Å²) in [5, 5.41) is 20.5. The topological polar surface area (TPSA) is 62.2 Å². The predicted molar refractivity (Wildman–Crippen MR) is 55.9 cm³/mol. The molecule has 2 N–H and O–H groups in total. The molecule has 88 valence electrons. The van der Waals surface area contributed by atoms with Crippen LogP contribution in [0.5, 0.6) is 0 Å². The van der Waals surface area contributed by atoms with Gasteiger partial charge in [-0.1, -0.05) is 11.8 Å². The first kappa shape index (κ1) is 11.4. The van der Waals surface area contributed by atoms with E-state index in [0.29, 0.717) is 6.54 Å². The Bertz CT molecular complexity index is 368. The largest absolute Gasteiger partial charge is 0.410 e. The van der Waals surface area contributed by atoms with Crippen molar-refractivity contribution < 1.29 is 19.8 Å². The molecule has 5 heteroatoms. The smallest absolute Gasteiger partial charge is 0.147 e. The third-order valence-corrected chi connectivity index (χ3v) is 2.61. The highest BCUT2D eigenvalue weighted by Crippen LogP contribution is 2.17. The van der Waals surface area contributed by atoms with E-state index < -0.39 is 18.3 Å². The van der Waals surface area contributed by atoms with Crippen LogP contribution in [0.4, 0.5) is 0 Å². The van der Waals surface area contributed by atoms with E-state index in [0.717, 1.165) is 11.3 Å². The molecule has 0 amide bonds. The molecule has 1 saturated heterocycles. The van der Waals surface area contributed by atoms with Gasteiger partial charge in [-0.2, -0.15) is 0 Å². The van der Waals surface area contributed by atoms with E-state index in [-0.39, 0.29) is 6.61 Å². The fraction of sp³-hybridized carbons (Fsp3) is 0.636. The molecule has 0 spiro atoms. The van der Waals surface area contributed by atoms with Crippen molar-refractivity contribution in [1.82, 2.24) is 5.06 Å². The Morgan fingerprint density at radius 1 is 1.44 bits per heavy atom. The Morgan fingerprint density at radius 3 is 2.69 bits per heavy atom. The lowest BCUT2D eigenvalue weighted by molar-refractivity contribution is -0.0657. The molecule has 2 aliphatic heterocycles. The van der Waals surface area contributed by atoms with Gasteiger partial charge in [0.15, 0.2) is 0 Å². The summed E-state index contributed by atoms with van der Waals surface area (Å²) < 4.78 is 5.15. The summed E-state index contributed by atoms with van der Waals surface area (Å²) in [5.41, 5.74) is 0.875. The maximum atomic E-state index is 9.51. The third-order valence-electron chi connectivity index (χ3n) is 2.61. The molecule has 1 fully saturated rings. The Morgan fingerprint density at radius 2 is 2.19 bits per heavy atom. The maximum Gasteiger partial charge on any atom is 0.147 e. The van der Waals surface area contributed by atoms with Crippen molar-refractivity contribution in [3.63, 3.8) is 0 Å². The quantitative estimate of drug-likeness (QED) is 0.532. The monoisotopic (exact) mass is 225 g/mol. The van der Waals surface area contributed by atoms with Crippen LogP contribution in [0.25, 0.3) is 0 Å². The van der Waals surface area contributed by atoms with Crippen molar-refractivity contribution in [2.24, 2.45) is 0 Å². The van der Waals surface area contributed by atoms with Gasteiger partial charge in [0.1, 0.15) is 24.1 Å². The predicted octanol–water partition coefficient (Wildman–Crippen LogP) is -0.739. The molecular weight excluding hydrogens is 210 g/mol. The van der Waals surface area contributed by atoms with Gasteiger partial charge in [0.25, 0.3) is 0 Å².